The molecular weight excluding hydrogens is 643 g/mol. The highest BCUT2D eigenvalue weighted by atomic mass is 32.2. The monoisotopic (exact) mass is 681 g/mol. The van der Waals surface area contributed by atoms with Crippen molar-refractivity contribution in [3.05, 3.63) is 71.4 Å². The number of alkyl halides is 3. The number of methoxy groups -OCH3 is 1. The zero-order valence-electron chi connectivity index (χ0n) is 25.7. The van der Waals surface area contributed by atoms with Crippen molar-refractivity contribution in [1.82, 2.24) is 19.2 Å². The average molecular weight is 682 g/mol. The molecule has 6 rings (SSSR count). The summed E-state index contributed by atoms with van der Waals surface area (Å²) in [5.41, 5.74) is -1.70. The Bertz CT molecular complexity index is 1550. The predicted molar refractivity (Wildman–Crippen MR) is 166 cm³/mol. The Hall–Kier alpha value is -2.66. The molecular formula is C31H38F3N5O5S2. The van der Waals surface area contributed by atoms with E-state index >= 15 is 0 Å². The van der Waals surface area contributed by atoms with Gasteiger partial charge in [-0.3, -0.25) is 4.90 Å². The number of thiophene rings is 1. The number of ether oxygens (including phenoxy) is 3. The molecule has 1 aromatic carbocycles. The molecule has 1 saturated carbocycles. The third kappa shape index (κ3) is 6.55. The summed E-state index contributed by atoms with van der Waals surface area (Å²) >= 11 is 1.17. The molecule has 0 radical (unpaired) electrons. The van der Waals surface area contributed by atoms with E-state index in [-0.39, 0.29) is 59.5 Å². The van der Waals surface area contributed by atoms with E-state index in [9.17, 15) is 21.6 Å². The normalized spacial score (nSPS) is 26.2. The maximum atomic E-state index is 13.9. The number of rotatable bonds is 10. The molecule has 5 atom stereocenters. The molecule has 0 N–H and O–H groups in total. The first kappa shape index (κ1) is 33.2. The molecule has 1 aliphatic carbocycles. The Morgan fingerprint density at radius 1 is 1.07 bits per heavy atom. The van der Waals surface area contributed by atoms with E-state index in [1.54, 1.807) is 17.5 Å². The summed E-state index contributed by atoms with van der Waals surface area (Å²) in [5, 5.41) is 1.73. The van der Waals surface area contributed by atoms with Gasteiger partial charge >= 0.3 is 6.18 Å². The minimum absolute atomic E-state index is 0.0143. The Morgan fingerprint density at radius 2 is 1.83 bits per heavy atom. The predicted octanol–water partition coefficient (Wildman–Crippen LogP) is 4.15. The van der Waals surface area contributed by atoms with Crippen LogP contribution in [0.25, 0.3) is 0 Å². The van der Waals surface area contributed by atoms with Crippen molar-refractivity contribution in [2.24, 2.45) is 5.92 Å². The molecule has 10 nitrogen and oxygen atoms in total. The molecule has 4 heterocycles. The van der Waals surface area contributed by atoms with Crippen molar-refractivity contribution in [3.8, 4) is 0 Å². The first-order valence-corrected chi connectivity index (χ1v) is 17.6. The van der Waals surface area contributed by atoms with Crippen LogP contribution in [0.2, 0.25) is 0 Å². The summed E-state index contributed by atoms with van der Waals surface area (Å²) in [6, 6.07) is 13.0. The van der Waals surface area contributed by atoms with Crippen molar-refractivity contribution in [2.45, 2.75) is 54.1 Å². The SMILES string of the molecule is COC(C)(c1cnc(N2CCN(S(=O)(=O)c3cccs3)CC2CN2CCOCC3CC(OCc4ccccc4)C32)nc1)C(F)(F)F. The second kappa shape index (κ2) is 13.5. The second-order valence-corrected chi connectivity index (χ2v) is 15.2. The fourth-order valence-electron chi connectivity index (χ4n) is 6.49. The molecule has 250 valence electrons. The summed E-state index contributed by atoms with van der Waals surface area (Å²) in [4.78, 5) is 12.9. The first-order valence-electron chi connectivity index (χ1n) is 15.2. The van der Waals surface area contributed by atoms with Crippen molar-refractivity contribution < 1.29 is 35.8 Å². The van der Waals surface area contributed by atoms with Crippen LogP contribution in [0.3, 0.4) is 0 Å². The van der Waals surface area contributed by atoms with Gasteiger partial charge in [0.15, 0.2) is 5.60 Å². The highest BCUT2D eigenvalue weighted by Gasteiger charge is 2.54. The molecule has 3 fully saturated rings. The highest BCUT2D eigenvalue weighted by molar-refractivity contribution is 7.91. The minimum atomic E-state index is -4.68. The van der Waals surface area contributed by atoms with Gasteiger partial charge in [-0.05, 0) is 30.4 Å². The number of hydrogen-bond acceptors (Lipinski definition) is 10. The van der Waals surface area contributed by atoms with Crippen LogP contribution in [0, 0.1) is 5.92 Å². The standard InChI is InChI=1S/C31H38F3N5O5S2/c1-30(42-2,31(32,33)34)24-16-35-29(36-17-24)39-11-10-38(46(40,41)27-9-6-14-45-27)19-25(39)18-37-12-13-43-21-23-15-26(28(23)37)44-20-22-7-4-3-5-8-22/h3-9,14,16-17,23,25-26,28H,10-13,15,18-21H2,1-2H3. The van der Waals surface area contributed by atoms with Crippen LogP contribution in [0.15, 0.2) is 64.4 Å². The van der Waals surface area contributed by atoms with E-state index in [0.29, 0.717) is 32.9 Å². The van der Waals surface area contributed by atoms with Gasteiger partial charge < -0.3 is 19.1 Å². The van der Waals surface area contributed by atoms with Gasteiger partial charge in [-0.15, -0.1) is 11.3 Å². The van der Waals surface area contributed by atoms with Crippen LogP contribution in [-0.2, 0) is 36.4 Å². The van der Waals surface area contributed by atoms with E-state index in [4.69, 9.17) is 14.2 Å². The maximum absolute atomic E-state index is 13.9. The summed E-state index contributed by atoms with van der Waals surface area (Å²) in [7, 11) is -2.74. The van der Waals surface area contributed by atoms with Gasteiger partial charge in [0.2, 0.25) is 5.95 Å². The number of fused-ring (bicyclic) bond motifs is 1. The smallest absolute Gasteiger partial charge is 0.380 e. The number of sulfonamides is 1. The van der Waals surface area contributed by atoms with Crippen LogP contribution in [0.4, 0.5) is 19.1 Å². The molecule has 5 unspecified atom stereocenters. The zero-order chi connectivity index (χ0) is 32.5. The Balaban J connectivity index is 1.26. The molecule has 2 aliphatic heterocycles. The number of piperazine rings is 1. The molecule has 0 bridgehead atoms. The summed E-state index contributed by atoms with van der Waals surface area (Å²) in [6.45, 7) is 4.29. The molecule has 46 heavy (non-hydrogen) atoms. The van der Waals surface area contributed by atoms with E-state index in [0.717, 1.165) is 38.4 Å². The van der Waals surface area contributed by atoms with Crippen molar-refractivity contribution >= 4 is 27.3 Å². The minimum Gasteiger partial charge on any atom is -0.380 e. The van der Waals surface area contributed by atoms with Crippen LogP contribution >= 0.6 is 11.3 Å². The molecule has 2 aromatic heterocycles. The molecule has 3 aromatic rings. The Labute approximate surface area is 271 Å². The topological polar surface area (TPSA) is 97.3 Å². The van der Waals surface area contributed by atoms with Gasteiger partial charge in [-0.25, -0.2) is 18.4 Å². The van der Waals surface area contributed by atoms with Gasteiger partial charge in [0.05, 0.1) is 32.0 Å². The second-order valence-electron chi connectivity index (χ2n) is 12.0. The molecule has 15 heteroatoms. The van der Waals surface area contributed by atoms with E-state index in [1.165, 1.54) is 15.6 Å². The Kier molecular flexibility index (Phi) is 9.72. The number of halogens is 3. The first-order chi connectivity index (χ1) is 22.0. The van der Waals surface area contributed by atoms with Crippen LogP contribution in [0.1, 0.15) is 24.5 Å². The zero-order valence-corrected chi connectivity index (χ0v) is 27.3. The van der Waals surface area contributed by atoms with E-state index in [1.807, 2.05) is 35.2 Å². The number of nitrogens with zero attached hydrogens (tertiary/aromatic N) is 5. The van der Waals surface area contributed by atoms with E-state index < -0.39 is 21.8 Å². The number of anilines is 1. The third-order valence-corrected chi connectivity index (χ3v) is 12.6. The quantitative estimate of drug-likeness (QED) is 0.313. The number of benzene rings is 1. The van der Waals surface area contributed by atoms with Gasteiger partial charge in [0, 0.05) is 69.8 Å². The fourth-order valence-corrected chi connectivity index (χ4v) is 9.11. The third-order valence-electron chi connectivity index (χ3n) is 9.36. The van der Waals surface area contributed by atoms with Crippen molar-refractivity contribution in [3.63, 3.8) is 0 Å². The summed E-state index contributed by atoms with van der Waals surface area (Å²) < 4.78 is 87.6. The summed E-state index contributed by atoms with van der Waals surface area (Å²) in [6.07, 6.45) is -1.55. The van der Waals surface area contributed by atoms with Crippen LogP contribution in [-0.4, -0.2) is 105 Å². The fraction of sp³-hybridized carbons (Fsp3) is 0.548. The number of aromatic nitrogens is 2. The number of hydrogen-bond donors (Lipinski definition) is 0. The maximum Gasteiger partial charge on any atom is 0.421 e. The van der Waals surface area contributed by atoms with Gasteiger partial charge in [-0.1, -0.05) is 36.4 Å². The van der Waals surface area contributed by atoms with E-state index in [2.05, 4.69) is 14.9 Å². The molecule has 0 spiro atoms. The van der Waals surface area contributed by atoms with Crippen molar-refractivity contribution in [1.29, 1.82) is 0 Å². The molecule has 3 aliphatic rings. The summed E-state index contributed by atoms with van der Waals surface area (Å²) in [5.74, 6) is 0.506. The largest absolute Gasteiger partial charge is 0.421 e. The lowest BCUT2D eigenvalue weighted by molar-refractivity contribution is -0.269. The average Bonchev–Trinajstić information content (AvgIpc) is 3.55. The lowest BCUT2D eigenvalue weighted by Crippen LogP contribution is -2.64. The highest BCUT2D eigenvalue weighted by Crippen LogP contribution is 2.41. The molecule has 0 amide bonds. The lowest BCUT2D eigenvalue weighted by Gasteiger charge is -2.50. The van der Waals surface area contributed by atoms with Crippen molar-refractivity contribution in [2.75, 3.05) is 57.9 Å². The lowest BCUT2D eigenvalue weighted by atomic mass is 9.76. The Morgan fingerprint density at radius 3 is 2.50 bits per heavy atom. The van der Waals surface area contributed by atoms with Gasteiger partial charge in [0.1, 0.15) is 4.21 Å². The van der Waals surface area contributed by atoms with Gasteiger partial charge in [0.25, 0.3) is 10.0 Å². The van der Waals surface area contributed by atoms with Crippen LogP contribution in [0.5, 0.6) is 0 Å². The molecule has 2 saturated heterocycles. The van der Waals surface area contributed by atoms with Gasteiger partial charge in [-0.2, -0.15) is 17.5 Å². The van der Waals surface area contributed by atoms with Crippen LogP contribution < -0.4 is 4.90 Å².